The molecule has 1 N–H and O–H groups in total. The van der Waals surface area contributed by atoms with Crippen LogP contribution in [0.25, 0.3) is 0 Å². The average molecular weight is 234 g/mol. The molecule has 1 aromatic carbocycles. The molecule has 0 fully saturated rings. The number of aromatic nitrogens is 2. The molecule has 1 atom stereocenters. The minimum atomic E-state index is -1.04. The van der Waals surface area contributed by atoms with Gasteiger partial charge in [0.25, 0.3) is 0 Å². The van der Waals surface area contributed by atoms with Crippen molar-refractivity contribution >= 4 is 0 Å². The second-order valence-corrected chi connectivity index (χ2v) is 4.45. The van der Waals surface area contributed by atoms with Gasteiger partial charge >= 0.3 is 0 Å². The predicted molar refractivity (Wildman–Crippen MR) is 62.9 cm³/mol. The zero-order valence-electron chi connectivity index (χ0n) is 9.89. The molecule has 17 heavy (non-hydrogen) atoms. The van der Waals surface area contributed by atoms with Crippen molar-refractivity contribution in [2.24, 2.45) is 7.05 Å². The van der Waals surface area contributed by atoms with Crippen LogP contribution in [0.1, 0.15) is 18.2 Å². The van der Waals surface area contributed by atoms with Gasteiger partial charge < -0.3 is 5.11 Å². The lowest BCUT2D eigenvalue weighted by molar-refractivity contribution is 0.0524. The molecule has 2 aromatic rings. The first-order chi connectivity index (χ1) is 7.97. The van der Waals surface area contributed by atoms with E-state index in [2.05, 4.69) is 5.10 Å². The van der Waals surface area contributed by atoms with Crippen molar-refractivity contribution in [2.75, 3.05) is 0 Å². The normalized spacial score (nSPS) is 14.6. The van der Waals surface area contributed by atoms with Gasteiger partial charge in [0.1, 0.15) is 11.4 Å². The predicted octanol–water partition coefficient (Wildman–Crippen LogP) is 2.01. The number of benzene rings is 1. The molecule has 1 aromatic heterocycles. The fraction of sp³-hybridized carbons (Fsp3) is 0.308. The Kier molecular flexibility index (Phi) is 2.98. The van der Waals surface area contributed by atoms with Gasteiger partial charge in [-0.2, -0.15) is 5.10 Å². The van der Waals surface area contributed by atoms with Crippen molar-refractivity contribution in [3.05, 3.63) is 53.6 Å². The molecule has 1 unspecified atom stereocenters. The van der Waals surface area contributed by atoms with Gasteiger partial charge in [-0.15, -0.1) is 0 Å². The molecule has 0 saturated heterocycles. The highest BCUT2D eigenvalue weighted by atomic mass is 19.1. The molecule has 90 valence electrons. The smallest absolute Gasteiger partial charge is 0.123 e. The fourth-order valence-electron chi connectivity index (χ4n) is 1.79. The molecular weight excluding hydrogens is 219 g/mol. The van der Waals surface area contributed by atoms with Gasteiger partial charge in [0.15, 0.2) is 0 Å². The van der Waals surface area contributed by atoms with E-state index in [1.807, 2.05) is 0 Å². The van der Waals surface area contributed by atoms with E-state index in [9.17, 15) is 9.50 Å². The molecule has 0 amide bonds. The van der Waals surface area contributed by atoms with Crippen molar-refractivity contribution in [3.63, 3.8) is 0 Å². The quantitative estimate of drug-likeness (QED) is 0.882. The summed E-state index contributed by atoms with van der Waals surface area (Å²) in [5.41, 5.74) is 0.449. The Morgan fingerprint density at radius 3 is 2.47 bits per heavy atom. The molecule has 2 rings (SSSR count). The standard InChI is InChI=1S/C13H15FN2O/c1-13(17,12-7-8-16(2)15-12)9-10-3-5-11(14)6-4-10/h3-8,17H,9H2,1-2H3. The maximum absolute atomic E-state index is 12.8. The van der Waals surface area contributed by atoms with Crippen LogP contribution < -0.4 is 0 Å². The number of aryl methyl sites for hydroxylation is 1. The SMILES string of the molecule is Cn1ccc(C(C)(O)Cc2ccc(F)cc2)n1. The first-order valence-electron chi connectivity index (χ1n) is 5.44. The van der Waals surface area contributed by atoms with Crippen molar-refractivity contribution in [1.82, 2.24) is 9.78 Å². The summed E-state index contributed by atoms with van der Waals surface area (Å²) in [7, 11) is 1.80. The lowest BCUT2D eigenvalue weighted by Gasteiger charge is -2.21. The Hall–Kier alpha value is -1.68. The second kappa shape index (κ2) is 4.30. The molecule has 0 spiro atoms. The Labute approximate surface area is 99.5 Å². The Balaban J connectivity index is 2.19. The van der Waals surface area contributed by atoms with E-state index < -0.39 is 5.60 Å². The average Bonchev–Trinajstić information content (AvgIpc) is 2.69. The van der Waals surface area contributed by atoms with E-state index in [1.54, 1.807) is 43.0 Å². The highest BCUT2D eigenvalue weighted by Gasteiger charge is 2.26. The minimum Gasteiger partial charge on any atom is -0.383 e. The molecule has 0 aliphatic heterocycles. The molecule has 0 radical (unpaired) electrons. The van der Waals surface area contributed by atoms with Crippen LogP contribution in [0.3, 0.4) is 0 Å². The Morgan fingerprint density at radius 2 is 1.94 bits per heavy atom. The number of halogens is 1. The van der Waals surface area contributed by atoms with Gasteiger partial charge in [0, 0.05) is 19.7 Å². The summed E-state index contributed by atoms with van der Waals surface area (Å²) in [6, 6.07) is 7.91. The van der Waals surface area contributed by atoms with E-state index in [1.165, 1.54) is 12.1 Å². The van der Waals surface area contributed by atoms with E-state index >= 15 is 0 Å². The minimum absolute atomic E-state index is 0.272. The molecule has 0 aliphatic rings. The maximum atomic E-state index is 12.8. The van der Waals surface area contributed by atoms with Gasteiger partial charge in [-0.1, -0.05) is 12.1 Å². The molecule has 0 saturated carbocycles. The number of aliphatic hydroxyl groups is 1. The van der Waals surface area contributed by atoms with Crippen LogP contribution in [0.5, 0.6) is 0 Å². The third kappa shape index (κ3) is 2.71. The van der Waals surface area contributed by atoms with Crippen LogP contribution >= 0.6 is 0 Å². The molecule has 4 heteroatoms. The summed E-state index contributed by atoms with van der Waals surface area (Å²) >= 11 is 0. The molecule has 0 aliphatic carbocycles. The fourth-order valence-corrected chi connectivity index (χ4v) is 1.79. The highest BCUT2D eigenvalue weighted by Crippen LogP contribution is 2.23. The Morgan fingerprint density at radius 1 is 1.29 bits per heavy atom. The molecule has 0 bridgehead atoms. The number of nitrogens with zero attached hydrogens (tertiary/aromatic N) is 2. The summed E-state index contributed by atoms with van der Waals surface area (Å²) in [4.78, 5) is 0. The summed E-state index contributed by atoms with van der Waals surface area (Å²) in [5.74, 6) is -0.272. The monoisotopic (exact) mass is 234 g/mol. The summed E-state index contributed by atoms with van der Waals surface area (Å²) in [6.45, 7) is 1.71. The van der Waals surface area contributed by atoms with Gasteiger partial charge in [-0.25, -0.2) is 4.39 Å². The van der Waals surface area contributed by atoms with Crippen molar-refractivity contribution in [3.8, 4) is 0 Å². The summed E-state index contributed by atoms with van der Waals surface area (Å²) in [5, 5.41) is 14.5. The first-order valence-corrected chi connectivity index (χ1v) is 5.44. The van der Waals surface area contributed by atoms with Gasteiger partial charge in [-0.3, -0.25) is 4.68 Å². The van der Waals surface area contributed by atoms with Crippen LogP contribution in [-0.2, 0) is 19.1 Å². The van der Waals surface area contributed by atoms with Crippen LogP contribution in [0.2, 0.25) is 0 Å². The van der Waals surface area contributed by atoms with Gasteiger partial charge in [0.05, 0.1) is 5.69 Å². The van der Waals surface area contributed by atoms with E-state index in [4.69, 9.17) is 0 Å². The van der Waals surface area contributed by atoms with Crippen LogP contribution in [0.4, 0.5) is 4.39 Å². The number of hydrogen-bond donors (Lipinski definition) is 1. The van der Waals surface area contributed by atoms with Crippen LogP contribution in [0, 0.1) is 5.82 Å². The zero-order valence-corrected chi connectivity index (χ0v) is 9.89. The third-order valence-electron chi connectivity index (χ3n) is 2.73. The largest absolute Gasteiger partial charge is 0.383 e. The Bertz CT molecular complexity index is 502. The molecule has 3 nitrogen and oxygen atoms in total. The number of hydrogen-bond acceptors (Lipinski definition) is 2. The summed E-state index contributed by atoms with van der Waals surface area (Å²) in [6.07, 6.45) is 2.19. The third-order valence-corrected chi connectivity index (χ3v) is 2.73. The van der Waals surface area contributed by atoms with E-state index in [0.29, 0.717) is 12.1 Å². The topological polar surface area (TPSA) is 38.0 Å². The van der Waals surface area contributed by atoms with E-state index in [0.717, 1.165) is 5.56 Å². The van der Waals surface area contributed by atoms with Crippen LogP contribution in [0.15, 0.2) is 36.5 Å². The molecule has 1 heterocycles. The molecular formula is C13H15FN2O. The van der Waals surface area contributed by atoms with Crippen molar-refractivity contribution in [2.45, 2.75) is 18.9 Å². The number of rotatable bonds is 3. The maximum Gasteiger partial charge on any atom is 0.123 e. The van der Waals surface area contributed by atoms with Crippen molar-refractivity contribution < 1.29 is 9.50 Å². The second-order valence-electron chi connectivity index (χ2n) is 4.45. The lowest BCUT2D eigenvalue weighted by Crippen LogP contribution is -2.25. The summed E-state index contributed by atoms with van der Waals surface area (Å²) < 4.78 is 14.4. The zero-order chi connectivity index (χ0) is 12.5. The van der Waals surface area contributed by atoms with Crippen LogP contribution in [-0.4, -0.2) is 14.9 Å². The lowest BCUT2D eigenvalue weighted by atomic mass is 9.93. The van der Waals surface area contributed by atoms with Crippen molar-refractivity contribution in [1.29, 1.82) is 0 Å². The van der Waals surface area contributed by atoms with E-state index in [-0.39, 0.29) is 5.82 Å². The first kappa shape index (κ1) is 11.8. The van der Waals surface area contributed by atoms with Gasteiger partial charge in [0.2, 0.25) is 0 Å². The highest BCUT2D eigenvalue weighted by molar-refractivity contribution is 5.21. The van der Waals surface area contributed by atoms with Gasteiger partial charge in [-0.05, 0) is 30.7 Å².